The van der Waals surface area contributed by atoms with Crippen LogP contribution in [0.5, 0.6) is 0 Å². The molecule has 0 amide bonds. The van der Waals surface area contributed by atoms with Crippen molar-refractivity contribution in [2.24, 2.45) is 0 Å². The minimum atomic E-state index is -0.313. The molecule has 0 unspecified atom stereocenters. The molecule has 18 heavy (non-hydrogen) atoms. The van der Waals surface area contributed by atoms with E-state index in [-0.39, 0.29) is 5.97 Å². The van der Waals surface area contributed by atoms with Crippen LogP contribution in [0.3, 0.4) is 0 Å². The van der Waals surface area contributed by atoms with Crippen LogP contribution < -0.4 is 0 Å². The zero-order valence-corrected chi connectivity index (χ0v) is 10.9. The Balaban J connectivity index is 2.21. The highest BCUT2D eigenvalue weighted by Crippen LogP contribution is 2.17. The maximum Gasteiger partial charge on any atom is 0.338 e. The molecule has 0 aliphatic carbocycles. The minimum Gasteiger partial charge on any atom is -0.462 e. The van der Waals surface area contributed by atoms with Crippen molar-refractivity contribution in [3.05, 3.63) is 41.0 Å². The second kappa shape index (κ2) is 5.83. The predicted octanol–water partition coefficient (Wildman–Crippen LogP) is 3.85. The van der Waals surface area contributed by atoms with Crippen LogP contribution in [0.2, 0.25) is 5.15 Å². The third-order valence-electron chi connectivity index (χ3n) is 2.62. The van der Waals surface area contributed by atoms with E-state index in [1.54, 1.807) is 18.2 Å². The summed E-state index contributed by atoms with van der Waals surface area (Å²) in [6.07, 6.45) is 1.88. The summed E-state index contributed by atoms with van der Waals surface area (Å²) in [7, 11) is 0. The van der Waals surface area contributed by atoms with E-state index in [4.69, 9.17) is 16.3 Å². The summed E-state index contributed by atoms with van der Waals surface area (Å²) in [5, 5.41) is 1.36. The summed E-state index contributed by atoms with van der Waals surface area (Å²) in [4.78, 5) is 15.9. The van der Waals surface area contributed by atoms with E-state index in [2.05, 4.69) is 11.9 Å². The number of carbonyl (C=O) groups is 1. The Morgan fingerprint density at radius 2 is 2.11 bits per heavy atom. The summed E-state index contributed by atoms with van der Waals surface area (Å²) in [5.41, 5.74) is 1.21. The molecule has 0 fully saturated rings. The van der Waals surface area contributed by atoms with Gasteiger partial charge >= 0.3 is 5.97 Å². The van der Waals surface area contributed by atoms with Crippen LogP contribution in [0.4, 0.5) is 0 Å². The van der Waals surface area contributed by atoms with E-state index in [9.17, 15) is 4.79 Å². The Morgan fingerprint density at radius 1 is 1.33 bits per heavy atom. The van der Waals surface area contributed by atoms with E-state index in [1.165, 1.54) is 0 Å². The molecule has 0 spiro atoms. The van der Waals surface area contributed by atoms with Gasteiger partial charge in [0.25, 0.3) is 0 Å². The second-order valence-electron chi connectivity index (χ2n) is 4.03. The van der Waals surface area contributed by atoms with Crippen LogP contribution in [0, 0.1) is 0 Å². The Morgan fingerprint density at radius 3 is 2.89 bits per heavy atom. The third-order valence-corrected chi connectivity index (χ3v) is 2.84. The minimum absolute atomic E-state index is 0.313. The monoisotopic (exact) mass is 263 g/mol. The number of hydrogen-bond acceptors (Lipinski definition) is 3. The lowest BCUT2D eigenvalue weighted by molar-refractivity contribution is 0.0500. The highest BCUT2D eigenvalue weighted by molar-refractivity contribution is 6.29. The maximum absolute atomic E-state index is 11.8. The molecule has 94 valence electrons. The van der Waals surface area contributed by atoms with E-state index in [0.717, 1.165) is 18.2 Å². The maximum atomic E-state index is 11.8. The average molecular weight is 264 g/mol. The molecule has 1 heterocycles. The molecule has 0 saturated heterocycles. The normalized spacial score (nSPS) is 10.6. The fourth-order valence-corrected chi connectivity index (χ4v) is 1.77. The Hall–Kier alpha value is -1.61. The zero-order valence-electron chi connectivity index (χ0n) is 10.1. The highest BCUT2D eigenvalue weighted by Gasteiger charge is 2.08. The number of esters is 1. The van der Waals surface area contributed by atoms with Crippen LogP contribution in [0.15, 0.2) is 30.3 Å². The van der Waals surface area contributed by atoms with Crippen LogP contribution in [0.1, 0.15) is 30.1 Å². The van der Waals surface area contributed by atoms with Crippen molar-refractivity contribution in [3.8, 4) is 0 Å². The Bertz CT molecular complexity index is 569. The van der Waals surface area contributed by atoms with Gasteiger partial charge in [-0.05, 0) is 30.7 Å². The molecule has 3 nitrogen and oxygen atoms in total. The number of rotatable bonds is 4. The second-order valence-corrected chi connectivity index (χ2v) is 4.42. The summed E-state index contributed by atoms with van der Waals surface area (Å²) < 4.78 is 5.15. The molecule has 0 aliphatic heterocycles. The molecular formula is C14H14ClNO2. The van der Waals surface area contributed by atoms with Gasteiger partial charge in [0.1, 0.15) is 5.15 Å². The van der Waals surface area contributed by atoms with Gasteiger partial charge in [-0.3, -0.25) is 0 Å². The molecule has 1 aromatic carbocycles. The topological polar surface area (TPSA) is 39.2 Å². The van der Waals surface area contributed by atoms with Crippen molar-refractivity contribution in [1.29, 1.82) is 0 Å². The van der Waals surface area contributed by atoms with Crippen LogP contribution in [-0.2, 0) is 4.74 Å². The van der Waals surface area contributed by atoms with Gasteiger partial charge in [-0.15, -0.1) is 0 Å². The molecule has 0 atom stereocenters. The van der Waals surface area contributed by atoms with Crippen molar-refractivity contribution in [2.45, 2.75) is 19.8 Å². The summed E-state index contributed by atoms with van der Waals surface area (Å²) >= 11 is 5.83. The van der Waals surface area contributed by atoms with E-state index in [0.29, 0.717) is 22.8 Å². The summed E-state index contributed by atoms with van der Waals surface area (Å²) in [6.45, 7) is 2.51. The van der Waals surface area contributed by atoms with Gasteiger partial charge in [0.2, 0.25) is 0 Å². The van der Waals surface area contributed by atoms with Crippen molar-refractivity contribution in [3.63, 3.8) is 0 Å². The molecule has 0 N–H and O–H groups in total. The number of pyridine rings is 1. The van der Waals surface area contributed by atoms with Crippen LogP contribution in [0.25, 0.3) is 10.9 Å². The molecule has 0 aliphatic rings. The number of benzene rings is 1. The SMILES string of the molecule is CCCCOC(=O)c1ccc2ccc(Cl)nc2c1. The van der Waals surface area contributed by atoms with E-state index < -0.39 is 0 Å². The van der Waals surface area contributed by atoms with Gasteiger partial charge in [-0.25, -0.2) is 9.78 Å². The fraction of sp³-hybridized carbons (Fsp3) is 0.286. The number of aromatic nitrogens is 1. The molecular weight excluding hydrogens is 250 g/mol. The summed E-state index contributed by atoms with van der Waals surface area (Å²) in [5.74, 6) is -0.313. The molecule has 0 bridgehead atoms. The number of halogens is 1. The first kappa shape index (κ1) is 12.8. The van der Waals surface area contributed by atoms with Crippen LogP contribution in [-0.4, -0.2) is 17.6 Å². The molecule has 2 rings (SSSR count). The number of fused-ring (bicyclic) bond motifs is 1. The standard InChI is InChI=1S/C14H14ClNO2/c1-2-3-8-18-14(17)11-5-4-10-6-7-13(15)16-12(10)9-11/h4-7,9H,2-3,8H2,1H3. The number of nitrogens with zero attached hydrogens (tertiary/aromatic N) is 1. The van der Waals surface area contributed by atoms with E-state index >= 15 is 0 Å². The van der Waals surface area contributed by atoms with Crippen molar-refractivity contribution in [2.75, 3.05) is 6.61 Å². The molecule has 0 saturated carbocycles. The van der Waals surface area contributed by atoms with Crippen molar-refractivity contribution in [1.82, 2.24) is 4.98 Å². The third kappa shape index (κ3) is 2.99. The van der Waals surface area contributed by atoms with E-state index in [1.807, 2.05) is 12.1 Å². The highest BCUT2D eigenvalue weighted by atomic mass is 35.5. The van der Waals surface area contributed by atoms with Gasteiger partial charge in [0.15, 0.2) is 0 Å². The molecule has 0 radical (unpaired) electrons. The molecule has 1 aromatic heterocycles. The van der Waals surface area contributed by atoms with Crippen LogP contribution >= 0.6 is 11.6 Å². The van der Waals surface area contributed by atoms with Gasteiger partial charge < -0.3 is 4.74 Å². The predicted molar refractivity (Wildman–Crippen MR) is 71.9 cm³/mol. The lowest BCUT2D eigenvalue weighted by atomic mass is 10.1. The van der Waals surface area contributed by atoms with Crippen molar-refractivity contribution < 1.29 is 9.53 Å². The number of ether oxygens (including phenoxy) is 1. The largest absolute Gasteiger partial charge is 0.462 e. The lowest BCUT2D eigenvalue weighted by Gasteiger charge is -2.05. The van der Waals surface area contributed by atoms with Gasteiger partial charge in [0.05, 0.1) is 17.7 Å². The Labute approximate surface area is 111 Å². The summed E-state index contributed by atoms with van der Waals surface area (Å²) in [6, 6.07) is 8.89. The van der Waals surface area contributed by atoms with Gasteiger partial charge in [-0.2, -0.15) is 0 Å². The average Bonchev–Trinajstić information content (AvgIpc) is 2.38. The number of carbonyl (C=O) groups excluding carboxylic acids is 1. The Kier molecular flexibility index (Phi) is 4.15. The lowest BCUT2D eigenvalue weighted by Crippen LogP contribution is -2.06. The first-order valence-electron chi connectivity index (χ1n) is 5.94. The zero-order chi connectivity index (χ0) is 13.0. The first-order valence-corrected chi connectivity index (χ1v) is 6.32. The van der Waals surface area contributed by atoms with Gasteiger partial charge in [-0.1, -0.05) is 31.0 Å². The smallest absolute Gasteiger partial charge is 0.338 e. The fourth-order valence-electron chi connectivity index (χ4n) is 1.61. The van der Waals surface area contributed by atoms with Crippen molar-refractivity contribution >= 4 is 28.5 Å². The first-order chi connectivity index (χ1) is 8.70. The number of hydrogen-bond donors (Lipinski definition) is 0. The molecule has 2 aromatic rings. The quantitative estimate of drug-likeness (QED) is 0.478. The number of unbranched alkanes of at least 4 members (excludes halogenated alkanes) is 1. The van der Waals surface area contributed by atoms with Gasteiger partial charge in [0, 0.05) is 5.39 Å². The molecule has 4 heteroatoms.